The Morgan fingerprint density at radius 3 is 1.85 bits per heavy atom. The molecule has 0 amide bonds. The van der Waals surface area contributed by atoms with Gasteiger partial charge in [0.25, 0.3) is 0 Å². The molecule has 0 aromatic heterocycles. The van der Waals surface area contributed by atoms with Gasteiger partial charge in [-0.1, -0.05) is 0 Å². The Kier molecular flexibility index (Phi) is 6.15. The van der Waals surface area contributed by atoms with Crippen LogP contribution in [0.15, 0.2) is 0 Å². The van der Waals surface area contributed by atoms with Gasteiger partial charge in [0.15, 0.2) is 6.27 Å². The van der Waals surface area contributed by atoms with Gasteiger partial charge in [0, 0.05) is 26.2 Å². The first-order valence-corrected chi connectivity index (χ1v) is 4.81. The molecule has 0 aromatic carbocycles. The lowest BCUT2D eigenvalue weighted by Crippen LogP contribution is -2.24. The maximum absolute atomic E-state index is 7.91. The number of ether oxygens (including phenoxy) is 3. The smallest absolute Gasteiger partial charge is 0.160 e. The molecule has 0 saturated heterocycles. The van der Waals surface area contributed by atoms with Crippen LogP contribution in [0.4, 0.5) is 0 Å². The van der Waals surface area contributed by atoms with E-state index in [1.54, 1.807) is 20.8 Å². The highest BCUT2D eigenvalue weighted by molar-refractivity contribution is 4.54. The van der Waals surface area contributed by atoms with Gasteiger partial charge < -0.3 is 14.2 Å². The number of rotatable bonds is 8. The van der Waals surface area contributed by atoms with Gasteiger partial charge in [-0.05, 0) is 27.7 Å². The van der Waals surface area contributed by atoms with Crippen molar-refractivity contribution in [2.24, 2.45) is 0 Å². The molecule has 0 aliphatic carbocycles. The fourth-order valence-corrected chi connectivity index (χ4v) is 0.966. The van der Waals surface area contributed by atoms with Crippen molar-refractivity contribution in [1.29, 1.82) is 0 Å². The summed E-state index contributed by atoms with van der Waals surface area (Å²) in [6.45, 7) is 8.22. The zero-order valence-electron chi connectivity index (χ0n) is 11.1. The van der Waals surface area contributed by atoms with E-state index in [2.05, 4.69) is 0 Å². The van der Waals surface area contributed by atoms with Crippen molar-refractivity contribution in [3.8, 4) is 0 Å². The lowest BCUT2D eigenvalue weighted by Gasteiger charge is -2.20. The molecule has 0 heterocycles. The third-order valence-electron chi connectivity index (χ3n) is 1.39. The van der Waals surface area contributed by atoms with E-state index < -0.39 is 12.3 Å². The van der Waals surface area contributed by atoms with Crippen LogP contribution in [0.5, 0.6) is 0 Å². The predicted molar refractivity (Wildman–Crippen MR) is 52.7 cm³/mol. The zero-order chi connectivity index (χ0) is 11.9. The van der Waals surface area contributed by atoms with Crippen molar-refractivity contribution in [3.63, 3.8) is 0 Å². The lowest BCUT2D eigenvalue weighted by molar-refractivity contribution is -0.155. The van der Waals surface area contributed by atoms with Crippen LogP contribution in [0, 0.1) is 0 Å². The second kappa shape index (κ2) is 8.48. The second-order valence-electron chi connectivity index (χ2n) is 2.55. The Balaban J connectivity index is 4.37. The molecule has 0 aromatic rings. The summed E-state index contributed by atoms with van der Waals surface area (Å²) >= 11 is 0. The topological polar surface area (TPSA) is 27.7 Å². The van der Waals surface area contributed by atoms with E-state index in [-0.39, 0.29) is 6.42 Å². The van der Waals surface area contributed by atoms with E-state index in [0.717, 1.165) is 0 Å². The Bertz CT molecular complexity index is 168. The average molecular weight is 192 g/mol. The van der Waals surface area contributed by atoms with E-state index in [1.807, 2.05) is 6.92 Å². The van der Waals surface area contributed by atoms with Crippen LogP contribution in [-0.4, -0.2) is 32.2 Å². The van der Waals surface area contributed by atoms with Crippen LogP contribution in [-0.2, 0) is 14.2 Å². The Labute approximate surface area is 84.2 Å². The molecular formula is C10H22O3. The molecule has 0 bridgehead atoms. The van der Waals surface area contributed by atoms with E-state index in [1.165, 1.54) is 0 Å². The van der Waals surface area contributed by atoms with Crippen LogP contribution in [0.3, 0.4) is 0 Å². The minimum Gasteiger partial charge on any atom is -0.379 e. The molecule has 0 N–H and O–H groups in total. The molecule has 3 heteroatoms. The molecule has 0 saturated carbocycles. The summed E-state index contributed by atoms with van der Waals surface area (Å²) < 4.78 is 31.3. The second-order valence-corrected chi connectivity index (χ2v) is 2.55. The third kappa shape index (κ3) is 6.99. The monoisotopic (exact) mass is 192 g/mol. The SMILES string of the molecule is [2H]C(C)(CC([2H])(OCC)OCC)OCC. The van der Waals surface area contributed by atoms with Gasteiger partial charge in [0.05, 0.1) is 8.82 Å². The summed E-state index contributed by atoms with van der Waals surface area (Å²) in [6, 6.07) is 0. The van der Waals surface area contributed by atoms with Gasteiger partial charge in [-0.15, -0.1) is 0 Å². The third-order valence-corrected chi connectivity index (χ3v) is 1.39. The molecule has 1 unspecified atom stereocenters. The molecule has 80 valence electrons. The summed E-state index contributed by atoms with van der Waals surface area (Å²) in [5.41, 5.74) is 0. The molecule has 0 aliphatic rings. The van der Waals surface area contributed by atoms with Gasteiger partial charge in [-0.25, -0.2) is 0 Å². The zero-order valence-corrected chi connectivity index (χ0v) is 9.05. The first-order chi connectivity index (χ1) is 6.89. The first-order valence-electron chi connectivity index (χ1n) is 5.81. The Morgan fingerprint density at radius 1 is 1.00 bits per heavy atom. The summed E-state index contributed by atoms with van der Waals surface area (Å²) in [5, 5.41) is 0. The van der Waals surface area contributed by atoms with Crippen molar-refractivity contribution < 1.29 is 17.0 Å². The maximum Gasteiger partial charge on any atom is 0.160 e. The Hall–Kier alpha value is -0.120. The van der Waals surface area contributed by atoms with Gasteiger partial charge in [0.1, 0.15) is 0 Å². The van der Waals surface area contributed by atoms with E-state index in [4.69, 9.17) is 17.0 Å². The molecular weight excluding hydrogens is 168 g/mol. The molecule has 0 fully saturated rings. The van der Waals surface area contributed by atoms with Crippen molar-refractivity contribution >= 4 is 0 Å². The summed E-state index contributed by atoms with van der Waals surface area (Å²) in [6.07, 6.45) is -2.56. The van der Waals surface area contributed by atoms with Crippen molar-refractivity contribution in [2.75, 3.05) is 19.8 Å². The molecule has 1 atom stereocenters. The van der Waals surface area contributed by atoms with E-state index >= 15 is 0 Å². The minimum atomic E-state index is -1.48. The maximum atomic E-state index is 7.91. The van der Waals surface area contributed by atoms with Gasteiger partial charge in [-0.2, -0.15) is 0 Å². The highest BCUT2D eigenvalue weighted by Crippen LogP contribution is 2.07. The number of hydrogen-bond acceptors (Lipinski definition) is 3. The molecule has 0 aliphatic heterocycles. The fraction of sp³-hybridized carbons (Fsp3) is 1.00. The quantitative estimate of drug-likeness (QED) is 0.552. The van der Waals surface area contributed by atoms with Gasteiger partial charge >= 0.3 is 0 Å². The van der Waals surface area contributed by atoms with Crippen LogP contribution < -0.4 is 0 Å². The van der Waals surface area contributed by atoms with Gasteiger partial charge in [0.2, 0.25) is 0 Å². The van der Waals surface area contributed by atoms with Crippen molar-refractivity contribution in [1.82, 2.24) is 0 Å². The first kappa shape index (κ1) is 9.44. The van der Waals surface area contributed by atoms with E-state index in [0.29, 0.717) is 19.8 Å². The minimum absolute atomic E-state index is 0.0650. The van der Waals surface area contributed by atoms with Crippen molar-refractivity contribution in [2.45, 2.75) is 46.5 Å². The highest BCUT2D eigenvalue weighted by Gasteiger charge is 2.12. The highest BCUT2D eigenvalue weighted by atomic mass is 16.7. The molecule has 0 spiro atoms. The van der Waals surface area contributed by atoms with Gasteiger partial charge in [-0.3, -0.25) is 0 Å². The average Bonchev–Trinajstić information content (AvgIpc) is 2.02. The lowest BCUT2D eigenvalue weighted by atomic mass is 10.3. The fourth-order valence-electron chi connectivity index (χ4n) is 0.966. The normalized spacial score (nSPS) is 19.1. The summed E-state index contributed by atoms with van der Waals surface area (Å²) in [7, 11) is 0. The summed E-state index contributed by atoms with van der Waals surface area (Å²) in [5.74, 6) is 0. The summed E-state index contributed by atoms with van der Waals surface area (Å²) in [4.78, 5) is 0. The molecule has 3 nitrogen and oxygen atoms in total. The molecule has 13 heavy (non-hydrogen) atoms. The van der Waals surface area contributed by atoms with Crippen LogP contribution >= 0.6 is 0 Å². The predicted octanol–water partition coefficient (Wildman–Crippen LogP) is 2.20. The molecule has 0 rings (SSSR count). The molecule has 0 radical (unpaired) electrons. The van der Waals surface area contributed by atoms with Crippen LogP contribution in [0.2, 0.25) is 0 Å². The standard InChI is InChI=1S/C10H22O3/c1-5-11-9(4)8-10(12-6-2)13-7-3/h9-10H,5-8H2,1-4H3/i9D,10D. The Morgan fingerprint density at radius 2 is 1.46 bits per heavy atom. The number of hydrogen-bond donors (Lipinski definition) is 0. The van der Waals surface area contributed by atoms with E-state index in [9.17, 15) is 0 Å². The van der Waals surface area contributed by atoms with Crippen molar-refractivity contribution in [3.05, 3.63) is 0 Å². The van der Waals surface area contributed by atoms with Crippen LogP contribution in [0.25, 0.3) is 0 Å². The largest absolute Gasteiger partial charge is 0.379 e. The van der Waals surface area contributed by atoms with Crippen LogP contribution in [0.1, 0.15) is 36.9 Å².